The summed E-state index contributed by atoms with van der Waals surface area (Å²) in [6.07, 6.45) is 6.49. The van der Waals surface area contributed by atoms with Crippen LogP contribution in [0.3, 0.4) is 0 Å². The van der Waals surface area contributed by atoms with Gasteiger partial charge in [-0.15, -0.1) is 0 Å². The molecule has 0 aliphatic carbocycles. The van der Waals surface area contributed by atoms with E-state index in [1.54, 1.807) is 46.4 Å². The van der Waals surface area contributed by atoms with Gasteiger partial charge in [-0.25, -0.2) is 9.59 Å². The van der Waals surface area contributed by atoms with E-state index in [0.717, 1.165) is 5.56 Å². The highest BCUT2D eigenvalue weighted by atomic mass is 16.5. The highest BCUT2D eigenvalue weighted by Gasteiger charge is 2.28. The lowest BCUT2D eigenvalue weighted by Crippen LogP contribution is -2.42. The maximum Gasteiger partial charge on any atom is 0.355 e. The Kier molecular flexibility index (Phi) is 7.67. The molecule has 1 aromatic carbocycles. The minimum absolute atomic E-state index is 0.0311. The van der Waals surface area contributed by atoms with Crippen molar-refractivity contribution in [3.8, 4) is 5.75 Å². The zero-order chi connectivity index (χ0) is 23.1. The van der Waals surface area contributed by atoms with Gasteiger partial charge in [0, 0.05) is 25.0 Å². The first kappa shape index (κ1) is 23.1. The summed E-state index contributed by atoms with van der Waals surface area (Å²) in [4.78, 5) is 40.4. The van der Waals surface area contributed by atoms with Gasteiger partial charge in [-0.3, -0.25) is 4.79 Å². The average Bonchev–Trinajstić information content (AvgIpc) is 3.05. The van der Waals surface area contributed by atoms with E-state index in [1.165, 1.54) is 20.3 Å². The molecule has 2 aliphatic rings. The summed E-state index contributed by atoms with van der Waals surface area (Å²) in [5, 5.41) is 0. The number of esters is 2. The first-order valence-electron chi connectivity index (χ1n) is 10.1. The summed E-state index contributed by atoms with van der Waals surface area (Å²) in [5.41, 5.74) is 1.50. The largest absolute Gasteiger partial charge is 0.484 e. The Hall–Kier alpha value is -3.59. The summed E-state index contributed by atoms with van der Waals surface area (Å²) in [6.45, 7) is 3.93. The SMILES string of the molecule is COC(=O)C1=C(C(=O)OC)N(c2ccc(OCC(=O)N3CCOCC3)cc2C)C=CC=C1. The van der Waals surface area contributed by atoms with E-state index in [2.05, 4.69) is 0 Å². The predicted octanol–water partition coefficient (Wildman–Crippen LogP) is 1.72. The van der Waals surface area contributed by atoms with Crippen molar-refractivity contribution in [1.29, 1.82) is 0 Å². The van der Waals surface area contributed by atoms with Crippen molar-refractivity contribution in [2.75, 3.05) is 52.0 Å². The Balaban J connectivity index is 1.84. The molecule has 0 bridgehead atoms. The molecule has 0 atom stereocenters. The lowest BCUT2D eigenvalue weighted by molar-refractivity contribution is -0.139. The average molecular weight is 442 g/mol. The first-order chi connectivity index (χ1) is 15.5. The Morgan fingerprint density at radius 2 is 1.75 bits per heavy atom. The Bertz CT molecular complexity index is 975. The van der Waals surface area contributed by atoms with Crippen LogP contribution in [0.15, 0.2) is 53.9 Å². The highest BCUT2D eigenvalue weighted by Crippen LogP contribution is 2.31. The maximum atomic E-state index is 12.6. The van der Waals surface area contributed by atoms with Gasteiger partial charge in [-0.1, -0.05) is 6.08 Å². The molecule has 0 N–H and O–H groups in total. The number of amides is 1. The molecule has 170 valence electrons. The molecule has 32 heavy (non-hydrogen) atoms. The monoisotopic (exact) mass is 442 g/mol. The molecule has 9 heteroatoms. The quantitative estimate of drug-likeness (QED) is 0.615. The predicted molar refractivity (Wildman–Crippen MR) is 116 cm³/mol. The van der Waals surface area contributed by atoms with E-state index in [0.29, 0.717) is 37.7 Å². The van der Waals surface area contributed by atoms with Gasteiger partial charge in [-0.05, 0) is 42.8 Å². The molecular formula is C23H26N2O7. The van der Waals surface area contributed by atoms with E-state index >= 15 is 0 Å². The lowest BCUT2D eigenvalue weighted by Gasteiger charge is -2.27. The van der Waals surface area contributed by atoms with E-state index in [-0.39, 0.29) is 23.8 Å². The number of carbonyl (C=O) groups is 3. The number of allylic oxidation sites excluding steroid dienone is 2. The van der Waals surface area contributed by atoms with Crippen LogP contribution in [0.1, 0.15) is 5.56 Å². The number of nitrogens with zero attached hydrogens (tertiary/aromatic N) is 2. The van der Waals surface area contributed by atoms with Gasteiger partial charge in [0.15, 0.2) is 6.61 Å². The fourth-order valence-electron chi connectivity index (χ4n) is 3.39. The third kappa shape index (κ3) is 5.17. The molecule has 0 spiro atoms. The fourth-order valence-corrected chi connectivity index (χ4v) is 3.39. The molecule has 0 unspecified atom stereocenters. The third-order valence-electron chi connectivity index (χ3n) is 5.04. The zero-order valence-electron chi connectivity index (χ0n) is 18.3. The number of benzene rings is 1. The Morgan fingerprint density at radius 3 is 2.41 bits per heavy atom. The van der Waals surface area contributed by atoms with Crippen molar-refractivity contribution >= 4 is 23.5 Å². The fraction of sp³-hybridized carbons (Fsp3) is 0.348. The van der Waals surface area contributed by atoms with Crippen molar-refractivity contribution < 1.29 is 33.3 Å². The number of morpholine rings is 1. The van der Waals surface area contributed by atoms with Crippen LogP contribution in [-0.4, -0.2) is 69.9 Å². The molecular weight excluding hydrogens is 416 g/mol. The minimum Gasteiger partial charge on any atom is -0.484 e. The van der Waals surface area contributed by atoms with Crippen LogP contribution in [-0.2, 0) is 28.6 Å². The Labute approximate surface area is 186 Å². The van der Waals surface area contributed by atoms with Crippen LogP contribution in [0.2, 0.25) is 0 Å². The van der Waals surface area contributed by atoms with Crippen molar-refractivity contribution in [2.45, 2.75) is 6.92 Å². The van der Waals surface area contributed by atoms with E-state index in [4.69, 9.17) is 18.9 Å². The van der Waals surface area contributed by atoms with Crippen molar-refractivity contribution in [1.82, 2.24) is 4.90 Å². The molecule has 9 nitrogen and oxygen atoms in total. The number of methoxy groups -OCH3 is 2. The lowest BCUT2D eigenvalue weighted by atomic mass is 10.1. The normalized spacial score (nSPS) is 16.0. The molecule has 1 aromatic rings. The maximum absolute atomic E-state index is 12.6. The number of anilines is 1. The van der Waals surface area contributed by atoms with Crippen LogP contribution < -0.4 is 9.64 Å². The summed E-state index contributed by atoms with van der Waals surface area (Å²) in [7, 11) is 2.49. The number of rotatable bonds is 6. The van der Waals surface area contributed by atoms with E-state index in [1.807, 2.05) is 6.92 Å². The molecule has 1 fully saturated rings. The smallest absolute Gasteiger partial charge is 0.355 e. The van der Waals surface area contributed by atoms with Crippen molar-refractivity contribution in [3.63, 3.8) is 0 Å². The molecule has 0 aromatic heterocycles. The number of hydrogen-bond donors (Lipinski definition) is 0. The molecule has 1 amide bonds. The topological polar surface area (TPSA) is 94.6 Å². The van der Waals surface area contributed by atoms with Gasteiger partial charge in [0.25, 0.3) is 5.91 Å². The standard InChI is InChI=1S/C23H26N2O7/c1-16-14-17(32-15-20(26)24-10-12-31-13-11-24)7-8-19(16)25-9-5-4-6-18(22(27)29-2)21(25)23(28)30-3/h4-9,14H,10-13,15H2,1-3H3. The molecule has 1 saturated heterocycles. The third-order valence-corrected chi connectivity index (χ3v) is 5.04. The van der Waals surface area contributed by atoms with Gasteiger partial charge >= 0.3 is 11.9 Å². The van der Waals surface area contributed by atoms with Crippen LogP contribution >= 0.6 is 0 Å². The molecule has 3 rings (SSSR count). The van der Waals surface area contributed by atoms with Gasteiger partial charge in [0.1, 0.15) is 11.4 Å². The van der Waals surface area contributed by atoms with E-state index < -0.39 is 11.9 Å². The second kappa shape index (κ2) is 10.6. The Morgan fingerprint density at radius 1 is 1.03 bits per heavy atom. The number of aryl methyl sites for hydroxylation is 1. The van der Waals surface area contributed by atoms with Gasteiger partial charge in [-0.2, -0.15) is 0 Å². The second-order valence-corrected chi connectivity index (χ2v) is 7.05. The van der Waals surface area contributed by atoms with Crippen LogP contribution in [0.25, 0.3) is 0 Å². The van der Waals surface area contributed by atoms with E-state index in [9.17, 15) is 14.4 Å². The minimum atomic E-state index is -0.683. The number of ether oxygens (including phenoxy) is 4. The van der Waals surface area contributed by atoms with Gasteiger partial charge in [0.2, 0.25) is 0 Å². The summed E-state index contributed by atoms with van der Waals surface area (Å²) >= 11 is 0. The van der Waals surface area contributed by atoms with Crippen molar-refractivity contribution in [3.05, 3.63) is 59.5 Å². The second-order valence-electron chi connectivity index (χ2n) is 7.05. The van der Waals surface area contributed by atoms with Crippen LogP contribution in [0.5, 0.6) is 5.75 Å². The van der Waals surface area contributed by atoms with Gasteiger partial charge in [0.05, 0.1) is 33.0 Å². The number of hydrogen-bond acceptors (Lipinski definition) is 8. The molecule has 2 aliphatic heterocycles. The summed E-state index contributed by atoms with van der Waals surface area (Å²) in [6, 6.07) is 5.21. The highest BCUT2D eigenvalue weighted by molar-refractivity contribution is 6.05. The molecule has 2 heterocycles. The summed E-state index contributed by atoms with van der Waals surface area (Å²) in [5.74, 6) is -0.927. The molecule has 0 saturated carbocycles. The molecule has 0 radical (unpaired) electrons. The zero-order valence-corrected chi connectivity index (χ0v) is 18.3. The first-order valence-corrected chi connectivity index (χ1v) is 10.1. The van der Waals surface area contributed by atoms with Crippen molar-refractivity contribution in [2.24, 2.45) is 0 Å². The van der Waals surface area contributed by atoms with Crippen LogP contribution in [0, 0.1) is 6.92 Å². The van der Waals surface area contributed by atoms with Gasteiger partial charge < -0.3 is 28.7 Å². The van der Waals surface area contributed by atoms with Crippen LogP contribution in [0.4, 0.5) is 5.69 Å². The summed E-state index contributed by atoms with van der Waals surface area (Å²) < 4.78 is 20.7. The number of carbonyl (C=O) groups excluding carboxylic acids is 3.